The average molecular weight is 164 g/mol. The molecule has 0 spiro atoms. The molecule has 0 unspecified atom stereocenters. The second kappa shape index (κ2) is 4.05. The maximum atomic E-state index is 10.2. The lowest BCUT2D eigenvalue weighted by Gasteiger charge is -2.23. The standard InChI is InChI=1S/C6H12O3S/c1-2-3-4-5-6-8-10(7)9-6/h6H,2-5H2,1H3. The van der Waals surface area contributed by atoms with Crippen molar-refractivity contribution in [2.75, 3.05) is 0 Å². The van der Waals surface area contributed by atoms with Crippen molar-refractivity contribution in [1.29, 1.82) is 0 Å². The van der Waals surface area contributed by atoms with Gasteiger partial charge in [0.05, 0.1) is 0 Å². The molecule has 0 saturated carbocycles. The number of unbranched alkanes of at least 4 members (excludes halogenated alkanes) is 2. The maximum absolute atomic E-state index is 10.2. The number of rotatable bonds is 4. The van der Waals surface area contributed by atoms with Crippen LogP contribution >= 0.6 is 0 Å². The summed E-state index contributed by atoms with van der Waals surface area (Å²) in [4.78, 5) is 0. The van der Waals surface area contributed by atoms with Crippen molar-refractivity contribution >= 4 is 11.4 Å². The monoisotopic (exact) mass is 164 g/mol. The van der Waals surface area contributed by atoms with Crippen molar-refractivity contribution in [2.45, 2.75) is 38.9 Å². The van der Waals surface area contributed by atoms with Gasteiger partial charge in [0.2, 0.25) is 0 Å². The second-order valence-electron chi connectivity index (χ2n) is 2.32. The number of hydrogen-bond donors (Lipinski definition) is 0. The van der Waals surface area contributed by atoms with Gasteiger partial charge in [-0.2, -0.15) is 4.21 Å². The SMILES string of the molecule is CCCCCC1OS(=O)O1. The Morgan fingerprint density at radius 1 is 1.40 bits per heavy atom. The van der Waals surface area contributed by atoms with E-state index in [1.165, 1.54) is 12.8 Å². The van der Waals surface area contributed by atoms with E-state index in [0.29, 0.717) is 0 Å². The fourth-order valence-corrected chi connectivity index (χ4v) is 1.40. The van der Waals surface area contributed by atoms with Crippen molar-refractivity contribution < 1.29 is 12.6 Å². The molecule has 3 nitrogen and oxygen atoms in total. The van der Waals surface area contributed by atoms with E-state index in [4.69, 9.17) is 8.37 Å². The van der Waals surface area contributed by atoms with E-state index in [1.807, 2.05) is 0 Å². The molecule has 0 atom stereocenters. The van der Waals surface area contributed by atoms with Gasteiger partial charge in [-0.3, -0.25) is 0 Å². The van der Waals surface area contributed by atoms with Gasteiger partial charge in [0, 0.05) is 6.42 Å². The summed E-state index contributed by atoms with van der Waals surface area (Å²) in [5.41, 5.74) is 0. The van der Waals surface area contributed by atoms with Crippen LogP contribution in [0.1, 0.15) is 32.6 Å². The Balaban J connectivity index is 1.90. The predicted molar refractivity (Wildman–Crippen MR) is 38.2 cm³/mol. The third kappa shape index (κ3) is 2.36. The molecule has 60 valence electrons. The summed E-state index contributed by atoms with van der Waals surface area (Å²) in [5.74, 6) is 0. The minimum Gasteiger partial charge on any atom is -0.235 e. The molecule has 1 rings (SSSR count). The van der Waals surface area contributed by atoms with Crippen LogP contribution in [0.4, 0.5) is 0 Å². The van der Waals surface area contributed by atoms with E-state index in [0.717, 1.165) is 12.8 Å². The Hall–Kier alpha value is 0.0700. The number of hydrogen-bond acceptors (Lipinski definition) is 3. The highest BCUT2D eigenvalue weighted by Gasteiger charge is 2.27. The quantitative estimate of drug-likeness (QED) is 0.591. The molecule has 0 aromatic rings. The molecule has 0 aliphatic carbocycles. The first kappa shape index (κ1) is 8.17. The molecule has 10 heavy (non-hydrogen) atoms. The Kier molecular flexibility index (Phi) is 3.31. The fraction of sp³-hybridized carbons (Fsp3) is 1.00. The van der Waals surface area contributed by atoms with Crippen LogP contribution < -0.4 is 0 Å². The van der Waals surface area contributed by atoms with Crippen LogP contribution in [0.15, 0.2) is 0 Å². The molecule has 0 bridgehead atoms. The van der Waals surface area contributed by atoms with Crippen LogP contribution in [0.3, 0.4) is 0 Å². The van der Waals surface area contributed by atoms with Crippen molar-refractivity contribution in [2.24, 2.45) is 0 Å². The third-order valence-corrected chi connectivity index (χ3v) is 2.16. The van der Waals surface area contributed by atoms with Crippen LogP contribution in [0.2, 0.25) is 0 Å². The minimum absolute atomic E-state index is 0.188. The van der Waals surface area contributed by atoms with Crippen LogP contribution in [-0.2, 0) is 19.7 Å². The van der Waals surface area contributed by atoms with E-state index < -0.39 is 11.4 Å². The van der Waals surface area contributed by atoms with Gasteiger partial charge in [0.1, 0.15) is 0 Å². The summed E-state index contributed by atoms with van der Waals surface area (Å²) in [6.45, 7) is 2.14. The first-order valence-corrected chi connectivity index (χ1v) is 4.59. The summed E-state index contributed by atoms with van der Waals surface area (Å²) in [6, 6.07) is 0. The predicted octanol–water partition coefficient (Wildman–Crippen LogP) is 1.52. The Morgan fingerprint density at radius 3 is 2.60 bits per heavy atom. The zero-order chi connectivity index (χ0) is 7.40. The largest absolute Gasteiger partial charge is 0.309 e. The topological polar surface area (TPSA) is 35.5 Å². The highest BCUT2D eigenvalue weighted by Crippen LogP contribution is 2.19. The van der Waals surface area contributed by atoms with Gasteiger partial charge in [-0.05, 0) is 6.42 Å². The molecular formula is C6H12O3S. The third-order valence-electron chi connectivity index (χ3n) is 1.42. The van der Waals surface area contributed by atoms with E-state index in [1.54, 1.807) is 0 Å². The summed E-state index contributed by atoms with van der Waals surface area (Å²) < 4.78 is 19.7. The first-order chi connectivity index (χ1) is 4.83. The van der Waals surface area contributed by atoms with Gasteiger partial charge in [0.25, 0.3) is 0 Å². The van der Waals surface area contributed by atoms with E-state index in [2.05, 4.69) is 6.92 Å². The van der Waals surface area contributed by atoms with Crippen molar-refractivity contribution in [3.63, 3.8) is 0 Å². The van der Waals surface area contributed by atoms with E-state index in [9.17, 15) is 4.21 Å². The van der Waals surface area contributed by atoms with Crippen molar-refractivity contribution in [3.8, 4) is 0 Å². The van der Waals surface area contributed by atoms with Crippen LogP contribution in [0.25, 0.3) is 0 Å². The normalized spacial score (nSPS) is 31.7. The Bertz CT molecular complexity index is 118. The smallest absolute Gasteiger partial charge is 0.235 e. The molecular weight excluding hydrogens is 152 g/mol. The molecule has 0 aromatic carbocycles. The minimum atomic E-state index is -1.43. The molecule has 0 aromatic heterocycles. The van der Waals surface area contributed by atoms with Crippen LogP contribution in [0.5, 0.6) is 0 Å². The Labute approximate surface area is 63.6 Å². The van der Waals surface area contributed by atoms with Gasteiger partial charge in [-0.1, -0.05) is 19.8 Å². The highest BCUT2D eigenvalue weighted by molar-refractivity contribution is 7.76. The highest BCUT2D eigenvalue weighted by atomic mass is 32.2. The molecule has 1 aliphatic heterocycles. The summed E-state index contributed by atoms with van der Waals surface area (Å²) in [7, 11) is 0. The zero-order valence-corrected chi connectivity index (χ0v) is 6.86. The first-order valence-electron chi connectivity index (χ1n) is 3.59. The van der Waals surface area contributed by atoms with Crippen molar-refractivity contribution in [1.82, 2.24) is 0 Å². The summed E-state index contributed by atoms with van der Waals surface area (Å²) in [6.07, 6.45) is 4.16. The average Bonchev–Trinajstić information content (AvgIpc) is 1.85. The van der Waals surface area contributed by atoms with Gasteiger partial charge in [0.15, 0.2) is 6.29 Å². The van der Waals surface area contributed by atoms with Gasteiger partial charge in [-0.25, -0.2) is 8.37 Å². The van der Waals surface area contributed by atoms with Gasteiger partial charge >= 0.3 is 11.4 Å². The van der Waals surface area contributed by atoms with Crippen molar-refractivity contribution in [3.05, 3.63) is 0 Å². The van der Waals surface area contributed by atoms with E-state index >= 15 is 0 Å². The molecule has 0 amide bonds. The van der Waals surface area contributed by atoms with Crippen LogP contribution in [0, 0.1) is 0 Å². The molecule has 4 heteroatoms. The molecule has 1 heterocycles. The summed E-state index contributed by atoms with van der Waals surface area (Å²) in [5, 5.41) is 0. The lowest BCUT2D eigenvalue weighted by molar-refractivity contribution is -0.0671. The molecule has 0 N–H and O–H groups in total. The van der Waals surface area contributed by atoms with E-state index in [-0.39, 0.29) is 6.29 Å². The van der Waals surface area contributed by atoms with Gasteiger partial charge in [-0.15, -0.1) is 0 Å². The summed E-state index contributed by atoms with van der Waals surface area (Å²) >= 11 is -1.43. The van der Waals surface area contributed by atoms with Crippen LogP contribution in [-0.4, -0.2) is 10.5 Å². The van der Waals surface area contributed by atoms with Gasteiger partial charge < -0.3 is 0 Å². The molecule has 0 radical (unpaired) electrons. The molecule has 1 fully saturated rings. The second-order valence-corrected chi connectivity index (χ2v) is 3.12. The molecule has 1 aliphatic rings. The lowest BCUT2D eigenvalue weighted by Crippen LogP contribution is -2.30. The molecule has 1 saturated heterocycles. The lowest BCUT2D eigenvalue weighted by atomic mass is 10.2. The zero-order valence-electron chi connectivity index (χ0n) is 6.04. The fourth-order valence-electron chi connectivity index (χ4n) is 0.840. The Morgan fingerprint density at radius 2 is 2.10 bits per heavy atom. The maximum Gasteiger partial charge on any atom is 0.309 e.